The number of carbonyl (C=O) groups excluding carboxylic acids is 1. The maximum Gasteiger partial charge on any atom is 0.279 e. The molecular formula is C16H20BrN2O2S+. The predicted molar refractivity (Wildman–Crippen MR) is 93.7 cm³/mol. The lowest BCUT2D eigenvalue weighted by Gasteiger charge is -2.13. The van der Waals surface area contributed by atoms with E-state index in [0.717, 1.165) is 26.7 Å². The van der Waals surface area contributed by atoms with Crippen molar-refractivity contribution in [2.75, 3.05) is 25.5 Å². The molecule has 0 saturated heterocycles. The van der Waals surface area contributed by atoms with Crippen LogP contribution in [0.15, 0.2) is 40.2 Å². The number of nitrogens with one attached hydrogen (secondary N) is 2. The fourth-order valence-corrected chi connectivity index (χ4v) is 3.68. The molecule has 0 spiro atoms. The molecule has 0 aliphatic heterocycles. The summed E-state index contributed by atoms with van der Waals surface area (Å²) in [4.78, 5) is 14.5. The zero-order chi connectivity index (χ0) is 15.9. The third-order valence-electron chi connectivity index (χ3n) is 3.02. The standard InChI is InChI=1S/C16H19BrN2O2S/c1-3-21-13-6-4-12(5-7-13)18-16(20)11-19(2)10-14-8-9-15(17)22-14/h4-9H,3,10-11H2,1-2H3,(H,18,20)/p+1. The molecule has 2 rings (SSSR count). The highest BCUT2D eigenvalue weighted by atomic mass is 79.9. The Labute approximate surface area is 143 Å². The second-order valence-electron chi connectivity index (χ2n) is 5.02. The van der Waals surface area contributed by atoms with Gasteiger partial charge in [0.25, 0.3) is 5.91 Å². The molecule has 2 N–H and O–H groups in total. The molecule has 0 aliphatic carbocycles. The minimum absolute atomic E-state index is 0.0114. The maximum atomic E-state index is 12.1. The van der Waals surface area contributed by atoms with Gasteiger partial charge in [-0.05, 0) is 59.3 Å². The molecule has 0 aliphatic rings. The molecule has 1 aromatic heterocycles. The molecule has 1 amide bonds. The van der Waals surface area contributed by atoms with Crippen molar-refractivity contribution in [2.45, 2.75) is 13.5 Å². The maximum absolute atomic E-state index is 12.1. The summed E-state index contributed by atoms with van der Waals surface area (Å²) >= 11 is 5.16. The summed E-state index contributed by atoms with van der Waals surface area (Å²) in [6.07, 6.45) is 0. The number of hydrogen-bond acceptors (Lipinski definition) is 3. The topological polar surface area (TPSA) is 42.8 Å². The normalized spacial score (nSPS) is 12.0. The largest absolute Gasteiger partial charge is 0.494 e. The number of thiophene rings is 1. The van der Waals surface area contributed by atoms with E-state index in [1.54, 1.807) is 11.3 Å². The fourth-order valence-electron chi connectivity index (χ4n) is 2.09. The van der Waals surface area contributed by atoms with Gasteiger partial charge in [-0.3, -0.25) is 4.79 Å². The third-order valence-corrected chi connectivity index (χ3v) is 4.64. The quantitative estimate of drug-likeness (QED) is 0.771. The third kappa shape index (κ3) is 5.44. The number of likely N-dealkylation sites (N-methyl/N-ethyl adjacent to an activating group) is 1. The van der Waals surface area contributed by atoms with E-state index in [2.05, 4.69) is 27.3 Å². The van der Waals surface area contributed by atoms with E-state index in [1.165, 1.54) is 4.88 Å². The van der Waals surface area contributed by atoms with Crippen molar-refractivity contribution < 1.29 is 14.4 Å². The van der Waals surface area contributed by atoms with Gasteiger partial charge in [0.1, 0.15) is 12.3 Å². The minimum Gasteiger partial charge on any atom is -0.494 e. The second-order valence-corrected chi connectivity index (χ2v) is 7.57. The Morgan fingerprint density at radius 3 is 2.59 bits per heavy atom. The average molecular weight is 384 g/mol. The van der Waals surface area contributed by atoms with Crippen LogP contribution in [0.4, 0.5) is 5.69 Å². The molecule has 22 heavy (non-hydrogen) atoms. The predicted octanol–water partition coefficient (Wildman–Crippen LogP) is 2.56. The van der Waals surface area contributed by atoms with Crippen molar-refractivity contribution in [3.63, 3.8) is 0 Å². The van der Waals surface area contributed by atoms with Gasteiger partial charge in [0.2, 0.25) is 0 Å². The molecule has 1 aromatic carbocycles. The van der Waals surface area contributed by atoms with Crippen molar-refractivity contribution >= 4 is 38.9 Å². The zero-order valence-corrected chi connectivity index (χ0v) is 15.1. The lowest BCUT2D eigenvalue weighted by atomic mass is 10.3. The highest BCUT2D eigenvalue weighted by Crippen LogP contribution is 2.21. The van der Waals surface area contributed by atoms with Gasteiger partial charge in [-0.15, -0.1) is 11.3 Å². The van der Waals surface area contributed by atoms with Crippen molar-refractivity contribution in [3.05, 3.63) is 45.1 Å². The summed E-state index contributed by atoms with van der Waals surface area (Å²) in [6, 6.07) is 11.6. The van der Waals surface area contributed by atoms with E-state index in [9.17, 15) is 4.79 Å². The van der Waals surface area contributed by atoms with Crippen molar-refractivity contribution in [1.82, 2.24) is 0 Å². The Balaban J connectivity index is 1.81. The van der Waals surface area contributed by atoms with E-state index >= 15 is 0 Å². The number of carbonyl (C=O) groups is 1. The molecule has 1 unspecified atom stereocenters. The van der Waals surface area contributed by atoms with E-state index in [0.29, 0.717) is 13.2 Å². The summed E-state index contributed by atoms with van der Waals surface area (Å²) in [5.74, 6) is 0.823. The van der Waals surface area contributed by atoms with Crippen molar-refractivity contribution in [2.24, 2.45) is 0 Å². The molecule has 118 valence electrons. The van der Waals surface area contributed by atoms with Crippen LogP contribution in [-0.4, -0.2) is 26.1 Å². The van der Waals surface area contributed by atoms with E-state index in [1.807, 2.05) is 44.3 Å². The highest BCUT2D eigenvalue weighted by molar-refractivity contribution is 9.11. The van der Waals surface area contributed by atoms with Crippen LogP contribution in [-0.2, 0) is 11.3 Å². The van der Waals surface area contributed by atoms with Crippen molar-refractivity contribution in [1.29, 1.82) is 0 Å². The molecular weight excluding hydrogens is 364 g/mol. The summed E-state index contributed by atoms with van der Waals surface area (Å²) in [5.41, 5.74) is 0.792. The summed E-state index contributed by atoms with van der Waals surface area (Å²) in [5, 5.41) is 2.91. The fraction of sp³-hybridized carbons (Fsp3) is 0.312. The van der Waals surface area contributed by atoms with Crippen LogP contribution >= 0.6 is 27.3 Å². The van der Waals surface area contributed by atoms with Gasteiger partial charge in [-0.1, -0.05) is 0 Å². The first-order valence-corrected chi connectivity index (χ1v) is 8.76. The first-order chi connectivity index (χ1) is 10.6. The van der Waals surface area contributed by atoms with E-state index in [4.69, 9.17) is 4.74 Å². The van der Waals surface area contributed by atoms with Crippen LogP contribution in [0.1, 0.15) is 11.8 Å². The average Bonchev–Trinajstić information content (AvgIpc) is 2.86. The Morgan fingerprint density at radius 1 is 1.27 bits per heavy atom. The Bertz CT molecular complexity index is 613. The molecule has 0 bridgehead atoms. The zero-order valence-electron chi connectivity index (χ0n) is 12.7. The number of amides is 1. The van der Waals surface area contributed by atoms with Gasteiger partial charge in [0, 0.05) is 5.69 Å². The lowest BCUT2D eigenvalue weighted by Crippen LogP contribution is -3.08. The van der Waals surface area contributed by atoms with Gasteiger partial charge >= 0.3 is 0 Å². The van der Waals surface area contributed by atoms with Gasteiger partial charge in [-0.2, -0.15) is 0 Å². The second kappa shape index (κ2) is 8.31. The molecule has 0 saturated carbocycles. The molecule has 0 fully saturated rings. The van der Waals surface area contributed by atoms with Gasteiger partial charge in [0.05, 0.1) is 22.3 Å². The van der Waals surface area contributed by atoms with Gasteiger partial charge in [-0.25, -0.2) is 0 Å². The number of quaternary nitrogens is 1. The first-order valence-electron chi connectivity index (χ1n) is 7.15. The minimum atomic E-state index is 0.0114. The highest BCUT2D eigenvalue weighted by Gasteiger charge is 2.12. The monoisotopic (exact) mass is 383 g/mol. The van der Waals surface area contributed by atoms with Crippen LogP contribution in [0.3, 0.4) is 0 Å². The smallest absolute Gasteiger partial charge is 0.279 e. The number of hydrogen-bond donors (Lipinski definition) is 2. The molecule has 6 heteroatoms. The Morgan fingerprint density at radius 2 is 2.00 bits per heavy atom. The molecule has 2 aromatic rings. The molecule has 1 heterocycles. The van der Waals surface area contributed by atoms with Crippen LogP contribution < -0.4 is 15.0 Å². The summed E-state index contributed by atoms with van der Waals surface area (Å²) in [6.45, 7) is 3.86. The number of rotatable bonds is 7. The Hall–Kier alpha value is -1.37. The van der Waals surface area contributed by atoms with Gasteiger partial charge in [0.15, 0.2) is 6.54 Å². The SMILES string of the molecule is CCOc1ccc(NC(=O)C[NH+](C)Cc2ccc(Br)s2)cc1. The van der Waals surface area contributed by atoms with Crippen LogP contribution in [0, 0.1) is 0 Å². The summed E-state index contributed by atoms with van der Waals surface area (Å²) in [7, 11) is 2.02. The van der Waals surface area contributed by atoms with Crippen LogP contribution in [0.5, 0.6) is 5.75 Å². The molecule has 0 radical (unpaired) electrons. The van der Waals surface area contributed by atoms with Gasteiger partial charge < -0.3 is 15.0 Å². The van der Waals surface area contributed by atoms with E-state index in [-0.39, 0.29) is 5.91 Å². The number of benzene rings is 1. The number of halogens is 1. The van der Waals surface area contributed by atoms with Crippen LogP contribution in [0.2, 0.25) is 0 Å². The van der Waals surface area contributed by atoms with E-state index < -0.39 is 0 Å². The number of ether oxygens (including phenoxy) is 1. The number of anilines is 1. The first kappa shape index (κ1) is 17.0. The molecule has 4 nitrogen and oxygen atoms in total. The molecule has 1 atom stereocenters. The lowest BCUT2D eigenvalue weighted by molar-refractivity contribution is -0.884. The van der Waals surface area contributed by atoms with Crippen LogP contribution in [0.25, 0.3) is 0 Å². The summed E-state index contributed by atoms with van der Waals surface area (Å²) < 4.78 is 6.50. The van der Waals surface area contributed by atoms with Crippen molar-refractivity contribution in [3.8, 4) is 5.75 Å². The Kier molecular flexibility index (Phi) is 6.42.